The normalized spacial score (nSPS) is 12.7. The maximum absolute atomic E-state index is 13.8. The van der Waals surface area contributed by atoms with Crippen LogP contribution in [0.25, 0.3) is 0 Å². The van der Waals surface area contributed by atoms with Crippen LogP contribution in [-0.2, 0) is 14.8 Å². The van der Waals surface area contributed by atoms with Gasteiger partial charge in [-0.1, -0.05) is 39.1 Å². The number of carbonyl (C=O) groups is 1. The number of hydrogen-bond acceptors (Lipinski definition) is 3. The van der Waals surface area contributed by atoms with Crippen LogP contribution in [0, 0.1) is 5.82 Å². The standard InChI is InChI=1S/C15H12BrCl2FN2O3S/c1-8(15(22)20-13-5-2-9(16)6-12(13)19)21-25(23,24)14-7-10(17)3-4-11(14)18/h2-8,21H,1H3,(H,20,22)/t8-/m0/s1. The molecule has 25 heavy (non-hydrogen) atoms. The number of hydrogen-bond donors (Lipinski definition) is 2. The van der Waals surface area contributed by atoms with Crippen molar-refractivity contribution in [3.63, 3.8) is 0 Å². The largest absolute Gasteiger partial charge is 0.322 e. The average Bonchev–Trinajstić information content (AvgIpc) is 2.51. The van der Waals surface area contributed by atoms with Crippen LogP contribution in [0.2, 0.25) is 10.0 Å². The first-order valence-electron chi connectivity index (χ1n) is 6.83. The quantitative estimate of drug-likeness (QED) is 0.688. The summed E-state index contributed by atoms with van der Waals surface area (Å²) in [7, 11) is -4.10. The number of amides is 1. The fourth-order valence-electron chi connectivity index (χ4n) is 1.86. The van der Waals surface area contributed by atoms with Crippen molar-refractivity contribution in [2.75, 3.05) is 5.32 Å². The Bertz CT molecular complexity index is 925. The molecule has 10 heteroatoms. The fourth-order valence-corrected chi connectivity index (χ4v) is 4.16. The summed E-state index contributed by atoms with van der Waals surface area (Å²) in [5.41, 5.74) is -0.0694. The zero-order valence-corrected chi connectivity index (χ0v) is 16.6. The third-order valence-electron chi connectivity index (χ3n) is 3.10. The van der Waals surface area contributed by atoms with Crippen molar-refractivity contribution in [1.82, 2.24) is 4.72 Å². The van der Waals surface area contributed by atoms with Gasteiger partial charge in [0.05, 0.1) is 16.8 Å². The van der Waals surface area contributed by atoms with E-state index in [-0.39, 0.29) is 20.6 Å². The third-order valence-corrected chi connectivity index (χ3v) is 5.85. The second-order valence-corrected chi connectivity index (χ2v) is 8.47. The summed E-state index contributed by atoms with van der Waals surface area (Å²) >= 11 is 14.8. The first kappa shape index (κ1) is 20.1. The molecule has 0 aliphatic heterocycles. The SMILES string of the molecule is C[C@H](NS(=O)(=O)c1cc(Cl)ccc1Cl)C(=O)Nc1ccc(Br)cc1F. The Labute approximate surface area is 162 Å². The van der Waals surface area contributed by atoms with Gasteiger partial charge in [0, 0.05) is 9.50 Å². The lowest BCUT2D eigenvalue weighted by Gasteiger charge is -2.15. The van der Waals surface area contributed by atoms with Crippen LogP contribution in [-0.4, -0.2) is 20.4 Å². The van der Waals surface area contributed by atoms with Crippen molar-refractivity contribution in [3.8, 4) is 0 Å². The maximum Gasteiger partial charge on any atom is 0.242 e. The molecule has 0 saturated heterocycles. The molecule has 134 valence electrons. The molecule has 0 saturated carbocycles. The predicted octanol–water partition coefficient (Wildman–Crippen LogP) is 4.20. The average molecular weight is 470 g/mol. The minimum atomic E-state index is -4.10. The summed E-state index contributed by atoms with van der Waals surface area (Å²) in [6.45, 7) is 1.32. The van der Waals surface area contributed by atoms with E-state index in [1.807, 2.05) is 0 Å². The summed E-state index contributed by atoms with van der Waals surface area (Å²) in [5, 5.41) is 2.46. The lowest BCUT2D eigenvalue weighted by Crippen LogP contribution is -2.41. The number of sulfonamides is 1. The smallest absolute Gasteiger partial charge is 0.242 e. The zero-order valence-electron chi connectivity index (χ0n) is 12.7. The Balaban J connectivity index is 2.16. The van der Waals surface area contributed by atoms with Gasteiger partial charge >= 0.3 is 0 Å². The molecule has 0 bridgehead atoms. The van der Waals surface area contributed by atoms with Crippen LogP contribution in [0.4, 0.5) is 10.1 Å². The highest BCUT2D eigenvalue weighted by Gasteiger charge is 2.25. The minimum absolute atomic E-state index is 0.0385. The Kier molecular flexibility index (Phi) is 6.45. The highest BCUT2D eigenvalue weighted by Crippen LogP contribution is 2.25. The van der Waals surface area contributed by atoms with Crippen LogP contribution < -0.4 is 10.0 Å². The zero-order chi connectivity index (χ0) is 18.8. The van der Waals surface area contributed by atoms with Gasteiger partial charge in [0.15, 0.2) is 0 Å². The number of benzene rings is 2. The Hall–Kier alpha value is -1.19. The molecule has 1 atom stereocenters. The number of nitrogens with one attached hydrogen (secondary N) is 2. The van der Waals surface area contributed by atoms with Crippen LogP contribution in [0.15, 0.2) is 45.8 Å². The molecule has 0 spiro atoms. The van der Waals surface area contributed by atoms with E-state index in [9.17, 15) is 17.6 Å². The van der Waals surface area contributed by atoms with E-state index < -0.39 is 27.8 Å². The molecule has 2 aromatic rings. The number of anilines is 1. The van der Waals surface area contributed by atoms with Crippen molar-refractivity contribution < 1.29 is 17.6 Å². The number of carbonyl (C=O) groups excluding carboxylic acids is 1. The molecule has 1 amide bonds. The highest BCUT2D eigenvalue weighted by atomic mass is 79.9. The molecule has 2 rings (SSSR count). The summed E-state index contributed by atoms with van der Waals surface area (Å²) in [5.74, 6) is -1.39. The number of halogens is 4. The van der Waals surface area contributed by atoms with Crippen molar-refractivity contribution >= 4 is 60.7 Å². The first-order valence-corrected chi connectivity index (χ1v) is 9.86. The van der Waals surface area contributed by atoms with Gasteiger partial charge in [-0.05, 0) is 43.3 Å². The van der Waals surface area contributed by atoms with Gasteiger partial charge in [-0.15, -0.1) is 0 Å². The van der Waals surface area contributed by atoms with Gasteiger partial charge in [-0.25, -0.2) is 12.8 Å². The van der Waals surface area contributed by atoms with E-state index >= 15 is 0 Å². The van der Waals surface area contributed by atoms with Crippen molar-refractivity contribution in [1.29, 1.82) is 0 Å². The molecule has 0 aliphatic rings. The molecule has 2 N–H and O–H groups in total. The van der Waals surface area contributed by atoms with Crippen LogP contribution >= 0.6 is 39.1 Å². The maximum atomic E-state index is 13.8. The second-order valence-electron chi connectivity index (χ2n) is 5.03. The van der Waals surface area contributed by atoms with E-state index in [0.717, 1.165) is 0 Å². The lowest BCUT2D eigenvalue weighted by atomic mass is 10.2. The van der Waals surface area contributed by atoms with Crippen molar-refractivity contribution in [3.05, 3.63) is 56.7 Å². The summed E-state index contributed by atoms with van der Waals surface area (Å²) in [6.07, 6.45) is 0. The Morgan fingerprint density at radius 1 is 1.20 bits per heavy atom. The minimum Gasteiger partial charge on any atom is -0.322 e. The molecule has 0 radical (unpaired) electrons. The van der Waals surface area contributed by atoms with Gasteiger partial charge < -0.3 is 5.32 Å². The van der Waals surface area contributed by atoms with Crippen LogP contribution in [0.1, 0.15) is 6.92 Å². The van der Waals surface area contributed by atoms with E-state index in [0.29, 0.717) is 4.47 Å². The van der Waals surface area contributed by atoms with Crippen LogP contribution in [0.5, 0.6) is 0 Å². The van der Waals surface area contributed by atoms with E-state index in [1.165, 1.54) is 37.3 Å². The molecule has 0 heterocycles. The lowest BCUT2D eigenvalue weighted by molar-refractivity contribution is -0.117. The van der Waals surface area contributed by atoms with Crippen LogP contribution in [0.3, 0.4) is 0 Å². The van der Waals surface area contributed by atoms with Gasteiger partial charge in [-0.3, -0.25) is 4.79 Å². The van der Waals surface area contributed by atoms with E-state index in [4.69, 9.17) is 23.2 Å². The van der Waals surface area contributed by atoms with E-state index in [1.54, 1.807) is 6.07 Å². The predicted molar refractivity (Wildman–Crippen MR) is 99.0 cm³/mol. The monoisotopic (exact) mass is 468 g/mol. The molecular weight excluding hydrogens is 458 g/mol. The summed E-state index contributed by atoms with van der Waals surface area (Å²) in [6, 6.07) is 6.84. The van der Waals surface area contributed by atoms with Gasteiger partial charge in [0.2, 0.25) is 15.9 Å². The molecule has 0 unspecified atom stereocenters. The van der Waals surface area contributed by atoms with Crippen molar-refractivity contribution in [2.24, 2.45) is 0 Å². The molecule has 0 fully saturated rings. The molecule has 0 aliphatic carbocycles. The van der Waals surface area contributed by atoms with Gasteiger partial charge in [0.1, 0.15) is 10.7 Å². The van der Waals surface area contributed by atoms with Gasteiger partial charge in [-0.2, -0.15) is 4.72 Å². The second kappa shape index (κ2) is 8.01. The summed E-state index contributed by atoms with van der Waals surface area (Å²) in [4.78, 5) is 11.9. The Morgan fingerprint density at radius 2 is 1.88 bits per heavy atom. The molecule has 5 nitrogen and oxygen atoms in total. The summed E-state index contributed by atoms with van der Waals surface area (Å²) < 4.78 is 41.2. The van der Waals surface area contributed by atoms with Gasteiger partial charge in [0.25, 0.3) is 0 Å². The Morgan fingerprint density at radius 3 is 2.52 bits per heavy atom. The first-order chi connectivity index (χ1) is 11.6. The third kappa shape index (κ3) is 5.15. The highest BCUT2D eigenvalue weighted by molar-refractivity contribution is 9.10. The molecule has 0 aromatic heterocycles. The molecular formula is C15H12BrCl2FN2O3S. The molecule has 2 aromatic carbocycles. The topological polar surface area (TPSA) is 75.3 Å². The number of rotatable bonds is 5. The fraction of sp³-hybridized carbons (Fsp3) is 0.133. The van der Waals surface area contributed by atoms with Crippen molar-refractivity contribution in [2.45, 2.75) is 17.9 Å². The van der Waals surface area contributed by atoms with E-state index in [2.05, 4.69) is 26.0 Å².